The van der Waals surface area contributed by atoms with E-state index in [9.17, 15) is 9.59 Å². The van der Waals surface area contributed by atoms with Crippen LogP contribution in [0.4, 0.5) is 0 Å². The average Bonchev–Trinajstić information content (AvgIpc) is 2.99. The Bertz CT molecular complexity index is 1130. The Morgan fingerprint density at radius 1 is 1.22 bits per heavy atom. The maximum atomic E-state index is 12.5. The standard InChI is InChI=1S/C25H30N4O3/c1-2-3-9-19-17-29(16-18-8-4-7-12-22(18)32-19)14-13-24(30)26-15-23-27-21-11-6-5-10-20(21)25(31)28-23/h4-8,10-12,19H,2-3,9,13-17H2,1H3,(H,26,30)(H,27,28,31). The monoisotopic (exact) mass is 434 g/mol. The van der Waals surface area contributed by atoms with Gasteiger partial charge >= 0.3 is 0 Å². The Hall–Kier alpha value is -3.19. The lowest BCUT2D eigenvalue weighted by molar-refractivity contribution is -0.121. The number of ether oxygens (including phenoxy) is 1. The molecule has 2 N–H and O–H groups in total. The highest BCUT2D eigenvalue weighted by atomic mass is 16.5. The molecule has 0 spiro atoms. The average molecular weight is 435 g/mol. The molecule has 1 unspecified atom stereocenters. The lowest BCUT2D eigenvalue weighted by atomic mass is 10.1. The zero-order valence-corrected chi connectivity index (χ0v) is 18.5. The second-order valence-electron chi connectivity index (χ2n) is 8.28. The number of aromatic nitrogens is 2. The highest BCUT2D eigenvalue weighted by Gasteiger charge is 2.22. The fourth-order valence-electron chi connectivity index (χ4n) is 4.06. The van der Waals surface area contributed by atoms with Crippen molar-refractivity contribution >= 4 is 16.8 Å². The number of nitrogens with one attached hydrogen (secondary N) is 2. The van der Waals surface area contributed by atoms with Crippen LogP contribution in [0.1, 0.15) is 44.0 Å². The molecule has 7 heteroatoms. The van der Waals surface area contributed by atoms with Crippen molar-refractivity contribution in [2.45, 2.75) is 51.8 Å². The quantitative estimate of drug-likeness (QED) is 0.568. The maximum Gasteiger partial charge on any atom is 0.258 e. The molecule has 32 heavy (non-hydrogen) atoms. The summed E-state index contributed by atoms with van der Waals surface area (Å²) in [5, 5.41) is 3.43. The fourth-order valence-corrected chi connectivity index (χ4v) is 4.06. The molecule has 0 saturated heterocycles. The highest BCUT2D eigenvalue weighted by Crippen LogP contribution is 2.26. The second kappa shape index (κ2) is 10.4. The maximum absolute atomic E-state index is 12.5. The van der Waals surface area contributed by atoms with E-state index in [0.717, 1.165) is 43.7 Å². The summed E-state index contributed by atoms with van der Waals surface area (Å²) in [6.45, 7) is 4.61. The fraction of sp³-hybridized carbons (Fsp3) is 0.400. The summed E-state index contributed by atoms with van der Waals surface area (Å²) in [5.41, 5.74) is 1.59. The van der Waals surface area contributed by atoms with Crippen LogP contribution in [-0.2, 0) is 17.9 Å². The number of unbranched alkanes of at least 4 members (excludes halogenated alkanes) is 1. The smallest absolute Gasteiger partial charge is 0.258 e. The van der Waals surface area contributed by atoms with Gasteiger partial charge in [-0.05, 0) is 31.0 Å². The Kier molecular flexibility index (Phi) is 7.17. The molecule has 1 aliphatic heterocycles. The van der Waals surface area contributed by atoms with Crippen LogP contribution in [0.3, 0.4) is 0 Å². The molecule has 0 fully saturated rings. The van der Waals surface area contributed by atoms with Crippen molar-refractivity contribution in [2.24, 2.45) is 0 Å². The third-order valence-corrected chi connectivity index (χ3v) is 5.77. The first-order valence-electron chi connectivity index (χ1n) is 11.3. The van der Waals surface area contributed by atoms with Crippen molar-refractivity contribution < 1.29 is 9.53 Å². The Morgan fingerprint density at radius 3 is 2.91 bits per heavy atom. The Balaban J connectivity index is 1.34. The number of fused-ring (bicyclic) bond motifs is 2. The first-order chi connectivity index (χ1) is 15.6. The van der Waals surface area contributed by atoms with Crippen molar-refractivity contribution in [2.75, 3.05) is 13.1 Å². The van der Waals surface area contributed by atoms with E-state index in [1.165, 1.54) is 0 Å². The van der Waals surface area contributed by atoms with Crippen LogP contribution in [0.15, 0.2) is 53.3 Å². The molecular weight excluding hydrogens is 404 g/mol. The summed E-state index contributed by atoms with van der Waals surface area (Å²) in [6, 6.07) is 15.3. The Labute approximate surface area is 187 Å². The molecule has 168 valence electrons. The van der Waals surface area contributed by atoms with Gasteiger partial charge in [-0.3, -0.25) is 14.5 Å². The highest BCUT2D eigenvalue weighted by molar-refractivity contribution is 5.77. The van der Waals surface area contributed by atoms with Gasteiger partial charge in [-0.25, -0.2) is 4.98 Å². The minimum atomic E-state index is -0.193. The molecule has 0 saturated carbocycles. The van der Waals surface area contributed by atoms with Crippen molar-refractivity contribution in [1.29, 1.82) is 0 Å². The van der Waals surface area contributed by atoms with Gasteiger partial charge in [0.15, 0.2) is 0 Å². The molecule has 2 aromatic carbocycles. The number of carbonyl (C=O) groups is 1. The van der Waals surface area contributed by atoms with Crippen molar-refractivity contribution in [3.63, 3.8) is 0 Å². The first kappa shape index (κ1) is 22.0. The van der Waals surface area contributed by atoms with Gasteiger partial charge in [0.2, 0.25) is 5.91 Å². The van der Waals surface area contributed by atoms with Crippen molar-refractivity contribution in [1.82, 2.24) is 20.2 Å². The first-order valence-corrected chi connectivity index (χ1v) is 11.3. The molecule has 0 bridgehead atoms. The van der Waals surface area contributed by atoms with Crippen LogP contribution in [0.25, 0.3) is 10.9 Å². The van der Waals surface area contributed by atoms with Crippen LogP contribution in [-0.4, -0.2) is 40.0 Å². The molecule has 1 aliphatic rings. The van der Waals surface area contributed by atoms with E-state index < -0.39 is 0 Å². The van der Waals surface area contributed by atoms with Gasteiger partial charge in [0.05, 0.1) is 17.4 Å². The van der Waals surface area contributed by atoms with Gasteiger partial charge in [0.1, 0.15) is 17.7 Å². The third-order valence-electron chi connectivity index (χ3n) is 5.77. The largest absolute Gasteiger partial charge is 0.489 e. The van der Waals surface area contributed by atoms with Crippen LogP contribution in [0.2, 0.25) is 0 Å². The van der Waals surface area contributed by atoms with Crippen LogP contribution in [0.5, 0.6) is 5.75 Å². The van der Waals surface area contributed by atoms with Gasteiger partial charge in [0.25, 0.3) is 5.56 Å². The molecule has 0 aliphatic carbocycles. The molecule has 0 radical (unpaired) electrons. The van der Waals surface area contributed by atoms with Gasteiger partial charge in [-0.1, -0.05) is 43.7 Å². The van der Waals surface area contributed by atoms with E-state index in [0.29, 0.717) is 29.7 Å². The number of H-pyrrole nitrogens is 1. The predicted octanol–water partition coefficient (Wildman–Crippen LogP) is 3.38. The summed E-state index contributed by atoms with van der Waals surface area (Å²) in [6.07, 6.45) is 3.77. The van der Waals surface area contributed by atoms with E-state index in [1.807, 2.05) is 24.3 Å². The van der Waals surface area contributed by atoms with Gasteiger partial charge in [0, 0.05) is 31.6 Å². The van der Waals surface area contributed by atoms with Gasteiger partial charge in [-0.15, -0.1) is 0 Å². The van der Waals surface area contributed by atoms with E-state index in [1.54, 1.807) is 18.2 Å². The lowest BCUT2D eigenvalue weighted by Gasteiger charge is -2.23. The lowest BCUT2D eigenvalue weighted by Crippen LogP contribution is -2.36. The molecule has 2 heterocycles. The molecule has 4 rings (SSSR count). The van der Waals surface area contributed by atoms with Crippen LogP contribution in [0, 0.1) is 0 Å². The van der Waals surface area contributed by atoms with E-state index in [2.05, 4.69) is 33.2 Å². The molecule has 7 nitrogen and oxygen atoms in total. The normalized spacial score (nSPS) is 16.2. The summed E-state index contributed by atoms with van der Waals surface area (Å²) < 4.78 is 6.26. The van der Waals surface area contributed by atoms with E-state index in [-0.39, 0.29) is 24.1 Å². The number of rotatable bonds is 8. The molecule has 1 atom stereocenters. The number of carbonyl (C=O) groups excluding carboxylic acids is 1. The minimum Gasteiger partial charge on any atom is -0.489 e. The number of nitrogens with zero attached hydrogens (tertiary/aromatic N) is 2. The number of benzene rings is 2. The number of aromatic amines is 1. The summed E-state index contributed by atoms with van der Waals surface area (Å²) in [5.74, 6) is 1.34. The molecule has 1 amide bonds. The Morgan fingerprint density at radius 2 is 2.03 bits per heavy atom. The topological polar surface area (TPSA) is 87.3 Å². The molecule has 1 aromatic heterocycles. The van der Waals surface area contributed by atoms with Gasteiger partial charge in [-0.2, -0.15) is 0 Å². The summed E-state index contributed by atoms with van der Waals surface area (Å²) in [4.78, 5) is 34.2. The predicted molar refractivity (Wildman–Crippen MR) is 124 cm³/mol. The third kappa shape index (κ3) is 5.53. The van der Waals surface area contributed by atoms with E-state index in [4.69, 9.17) is 4.74 Å². The number of hydrogen-bond donors (Lipinski definition) is 2. The zero-order valence-electron chi connectivity index (χ0n) is 18.5. The second-order valence-corrected chi connectivity index (χ2v) is 8.28. The number of hydrogen-bond acceptors (Lipinski definition) is 5. The summed E-state index contributed by atoms with van der Waals surface area (Å²) in [7, 11) is 0. The van der Waals surface area contributed by atoms with Crippen molar-refractivity contribution in [3.8, 4) is 5.75 Å². The van der Waals surface area contributed by atoms with Crippen molar-refractivity contribution in [3.05, 3.63) is 70.3 Å². The SMILES string of the molecule is CCCCC1CN(CCC(=O)NCc2nc3ccccc3c(=O)[nH]2)Cc2ccccc2O1. The zero-order chi connectivity index (χ0) is 22.3. The van der Waals surface area contributed by atoms with E-state index >= 15 is 0 Å². The van der Waals surface area contributed by atoms with Crippen LogP contribution < -0.4 is 15.6 Å². The minimum absolute atomic E-state index is 0.0654. The summed E-state index contributed by atoms with van der Waals surface area (Å²) >= 11 is 0. The molecular formula is C25H30N4O3. The molecule has 3 aromatic rings. The number of para-hydroxylation sites is 2. The van der Waals surface area contributed by atoms with Gasteiger partial charge < -0.3 is 15.0 Å². The number of amides is 1. The van der Waals surface area contributed by atoms with Crippen LogP contribution >= 0.6 is 0 Å².